The normalized spacial score (nSPS) is 23.1. The molecular weight excluding hydrogens is 540 g/mol. The zero-order valence-electron chi connectivity index (χ0n) is 22.5. The first-order valence-corrected chi connectivity index (χ1v) is 14.8. The van der Waals surface area contributed by atoms with Crippen LogP contribution in [0.25, 0.3) is 11.1 Å². The van der Waals surface area contributed by atoms with Crippen LogP contribution < -0.4 is 5.32 Å². The Hall–Kier alpha value is -3.18. The topological polar surface area (TPSA) is 105 Å². The van der Waals surface area contributed by atoms with E-state index in [9.17, 15) is 19.1 Å². The summed E-state index contributed by atoms with van der Waals surface area (Å²) < 4.78 is 40.9. The predicted molar refractivity (Wildman–Crippen MR) is 149 cm³/mol. The molecule has 1 amide bonds. The molecule has 1 saturated carbocycles. The van der Waals surface area contributed by atoms with Gasteiger partial charge in [0.2, 0.25) is 5.91 Å². The second-order valence-electron chi connectivity index (χ2n) is 10.6. The maximum atomic E-state index is 15.5. The molecule has 5 rings (SSSR count). The monoisotopic (exact) mass is 573 g/mol. The number of carbonyl (C=O) groups excluding carboxylic acids is 1. The number of carboxylic acid groups (broad SMARTS) is 1. The van der Waals surface area contributed by atoms with Gasteiger partial charge in [0.15, 0.2) is 11.4 Å². The van der Waals surface area contributed by atoms with Crippen LogP contribution in [-0.4, -0.2) is 63.7 Å². The summed E-state index contributed by atoms with van der Waals surface area (Å²) in [4.78, 5) is 30.7. The van der Waals surface area contributed by atoms with E-state index in [1.807, 2.05) is 6.26 Å². The van der Waals surface area contributed by atoms with Crippen molar-refractivity contribution in [3.8, 4) is 0 Å². The largest absolute Gasteiger partial charge is 0.481 e. The fraction of sp³-hybridized carbons (Fsp3) is 0.483. The van der Waals surface area contributed by atoms with E-state index >= 15 is 4.39 Å². The Morgan fingerprint density at radius 1 is 1.20 bits per heavy atom. The molecule has 1 saturated heterocycles. The van der Waals surface area contributed by atoms with E-state index < -0.39 is 17.6 Å². The molecule has 1 aliphatic carbocycles. The van der Waals surface area contributed by atoms with E-state index in [0.717, 1.165) is 12.0 Å². The van der Waals surface area contributed by atoms with Gasteiger partial charge in [-0.15, -0.1) is 0 Å². The summed E-state index contributed by atoms with van der Waals surface area (Å²) in [5.74, 6) is -2.31. The quantitative estimate of drug-likeness (QED) is 0.336. The van der Waals surface area contributed by atoms with Gasteiger partial charge < -0.3 is 24.5 Å². The molecular formula is C29H33F2N3O5S. The van der Waals surface area contributed by atoms with Gasteiger partial charge in [-0.2, -0.15) is 16.7 Å². The van der Waals surface area contributed by atoms with Crippen LogP contribution in [0.1, 0.15) is 43.2 Å². The number of ether oxygens (including phenoxy) is 1. The lowest BCUT2D eigenvalue weighted by Gasteiger charge is -2.30. The van der Waals surface area contributed by atoms with Gasteiger partial charge in [-0.1, -0.05) is 12.1 Å². The third-order valence-corrected chi connectivity index (χ3v) is 8.95. The summed E-state index contributed by atoms with van der Waals surface area (Å²) in [7, 11) is 0. The molecule has 11 heteroatoms. The fourth-order valence-electron chi connectivity index (χ4n) is 5.53. The first-order chi connectivity index (χ1) is 19.2. The van der Waals surface area contributed by atoms with Gasteiger partial charge in [0.1, 0.15) is 11.3 Å². The zero-order valence-corrected chi connectivity index (χ0v) is 23.3. The van der Waals surface area contributed by atoms with Crippen LogP contribution in [0, 0.1) is 24.5 Å². The Balaban J connectivity index is 1.25. The van der Waals surface area contributed by atoms with Crippen molar-refractivity contribution < 1.29 is 32.6 Å². The van der Waals surface area contributed by atoms with Crippen LogP contribution in [0.3, 0.4) is 0 Å². The number of amides is 1. The SMILES string of the molecule is CS[C@H]1C[C@@H](CO[C@H]2CC[C@H](C(=O)O)CC2)N(C(=O)Cc2ccc3nc(Nc4cc(F)ccc4C)oc3c2F)C1. The number of benzene rings is 2. The number of halogens is 2. The molecule has 0 bridgehead atoms. The fourth-order valence-corrected chi connectivity index (χ4v) is 6.26. The van der Waals surface area contributed by atoms with Crippen molar-refractivity contribution in [3.63, 3.8) is 0 Å². The molecule has 0 radical (unpaired) electrons. The van der Waals surface area contributed by atoms with Crippen molar-refractivity contribution in [3.05, 3.63) is 53.1 Å². The third-order valence-electron chi connectivity index (χ3n) is 7.94. The second kappa shape index (κ2) is 12.1. The number of fused-ring (bicyclic) bond motifs is 1. The van der Waals surface area contributed by atoms with Gasteiger partial charge >= 0.3 is 5.97 Å². The van der Waals surface area contributed by atoms with Crippen LogP contribution in [-0.2, 0) is 20.7 Å². The minimum Gasteiger partial charge on any atom is -0.481 e. The highest BCUT2D eigenvalue weighted by molar-refractivity contribution is 7.99. The van der Waals surface area contributed by atoms with Gasteiger partial charge in [-0.25, -0.2) is 8.78 Å². The van der Waals surface area contributed by atoms with E-state index in [0.29, 0.717) is 44.5 Å². The van der Waals surface area contributed by atoms with E-state index in [-0.39, 0.29) is 58.3 Å². The lowest BCUT2D eigenvalue weighted by molar-refractivity contribution is -0.144. The molecule has 3 aromatic rings. The minimum atomic E-state index is -0.751. The van der Waals surface area contributed by atoms with Gasteiger partial charge in [0.05, 0.1) is 31.1 Å². The van der Waals surface area contributed by atoms with Crippen molar-refractivity contribution in [2.45, 2.75) is 62.8 Å². The number of oxazole rings is 1. The maximum Gasteiger partial charge on any atom is 0.306 e. The van der Waals surface area contributed by atoms with Crippen molar-refractivity contribution in [1.29, 1.82) is 0 Å². The van der Waals surface area contributed by atoms with Gasteiger partial charge in [-0.3, -0.25) is 9.59 Å². The number of nitrogens with zero attached hydrogens (tertiary/aromatic N) is 2. The smallest absolute Gasteiger partial charge is 0.306 e. The highest BCUT2D eigenvalue weighted by atomic mass is 32.2. The minimum absolute atomic E-state index is 0.00819. The van der Waals surface area contributed by atoms with Crippen molar-refractivity contribution in [2.75, 3.05) is 24.7 Å². The summed E-state index contributed by atoms with van der Waals surface area (Å²) in [6, 6.07) is 7.34. The average molecular weight is 574 g/mol. The average Bonchev–Trinajstić information content (AvgIpc) is 3.55. The van der Waals surface area contributed by atoms with Crippen LogP contribution >= 0.6 is 11.8 Å². The standard InChI is InChI=1S/C29H33F2N3O5S/c1-16-3-7-19(30)12-24(16)33-29-32-23-10-6-18(26(31)27(23)39-29)11-25(35)34-14-22(40-2)13-20(34)15-38-21-8-4-17(5-9-21)28(36)37/h3,6-7,10,12,17,20-22H,4-5,8-9,11,13-15H2,1-2H3,(H,32,33)(H,36,37)/t17-,20-,21-,22-/m0/s1. The highest BCUT2D eigenvalue weighted by Gasteiger charge is 2.36. The number of carbonyl (C=O) groups is 2. The molecule has 40 heavy (non-hydrogen) atoms. The van der Waals surface area contributed by atoms with Crippen molar-refractivity contribution in [2.24, 2.45) is 5.92 Å². The highest BCUT2D eigenvalue weighted by Crippen LogP contribution is 2.32. The van der Waals surface area contributed by atoms with Crippen molar-refractivity contribution >= 4 is 46.4 Å². The summed E-state index contributed by atoms with van der Waals surface area (Å²) in [5.41, 5.74) is 1.67. The predicted octanol–water partition coefficient (Wildman–Crippen LogP) is 5.69. The van der Waals surface area contributed by atoms with E-state index in [4.69, 9.17) is 9.15 Å². The van der Waals surface area contributed by atoms with Crippen molar-refractivity contribution in [1.82, 2.24) is 9.88 Å². The molecule has 2 N–H and O–H groups in total. The van der Waals surface area contributed by atoms with Gasteiger partial charge in [0.25, 0.3) is 6.01 Å². The van der Waals surface area contributed by atoms with Gasteiger partial charge in [-0.05, 0) is 69.0 Å². The number of aromatic nitrogens is 1. The third kappa shape index (κ3) is 6.25. The summed E-state index contributed by atoms with van der Waals surface area (Å²) in [5, 5.41) is 12.4. The Kier molecular flexibility index (Phi) is 8.60. The Bertz CT molecular complexity index is 1390. The number of aryl methyl sites for hydroxylation is 1. The number of thioether (sulfide) groups is 1. The molecule has 2 fully saturated rings. The number of rotatable bonds is 9. The second-order valence-corrected chi connectivity index (χ2v) is 11.7. The lowest BCUT2D eigenvalue weighted by atomic mass is 9.87. The molecule has 2 atom stereocenters. The number of anilines is 2. The number of aliphatic carboxylic acids is 1. The summed E-state index contributed by atoms with van der Waals surface area (Å²) >= 11 is 1.70. The molecule has 0 unspecified atom stereocenters. The number of hydrogen-bond acceptors (Lipinski definition) is 7. The van der Waals surface area contributed by atoms with E-state index in [2.05, 4.69) is 10.3 Å². The first-order valence-electron chi connectivity index (χ1n) is 13.5. The van der Waals surface area contributed by atoms with E-state index in [1.165, 1.54) is 12.1 Å². The number of hydrogen-bond donors (Lipinski definition) is 2. The van der Waals surface area contributed by atoms with Crippen LogP contribution in [0.15, 0.2) is 34.7 Å². The number of likely N-dealkylation sites (tertiary alicyclic amines) is 1. The molecule has 2 aromatic carbocycles. The zero-order chi connectivity index (χ0) is 28.4. The maximum absolute atomic E-state index is 15.5. The van der Waals surface area contributed by atoms with Gasteiger partial charge in [0, 0.05) is 23.0 Å². The Morgan fingerprint density at radius 3 is 2.70 bits per heavy atom. The molecule has 1 aliphatic heterocycles. The first kappa shape index (κ1) is 28.4. The lowest BCUT2D eigenvalue weighted by Crippen LogP contribution is -2.40. The molecule has 2 aliphatic rings. The van der Waals surface area contributed by atoms with Crippen LogP contribution in [0.5, 0.6) is 0 Å². The Labute approximate surface area is 235 Å². The Morgan fingerprint density at radius 2 is 1.98 bits per heavy atom. The molecule has 2 heterocycles. The molecule has 8 nitrogen and oxygen atoms in total. The number of nitrogens with one attached hydrogen (secondary N) is 1. The summed E-state index contributed by atoms with van der Waals surface area (Å²) in [6.07, 6.45) is 5.25. The molecule has 1 aromatic heterocycles. The van der Waals surface area contributed by atoms with Crippen LogP contribution in [0.2, 0.25) is 0 Å². The van der Waals surface area contributed by atoms with E-state index in [1.54, 1.807) is 41.8 Å². The molecule has 0 spiro atoms. The molecule has 214 valence electrons. The summed E-state index contributed by atoms with van der Waals surface area (Å²) in [6.45, 7) is 2.74. The number of carboxylic acids is 1. The van der Waals surface area contributed by atoms with Crippen LogP contribution in [0.4, 0.5) is 20.5 Å².